The lowest BCUT2D eigenvalue weighted by Gasteiger charge is -2.27. The molecule has 0 saturated carbocycles. The number of nitriles is 1. The Balaban J connectivity index is 1.96. The molecule has 0 amide bonds. The summed E-state index contributed by atoms with van der Waals surface area (Å²) in [6.07, 6.45) is 1.82. The van der Waals surface area contributed by atoms with Crippen LogP contribution in [0.25, 0.3) is 28.0 Å². The van der Waals surface area contributed by atoms with E-state index in [1.54, 1.807) is 36.6 Å². The van der Waals surface area contributed by atoms with E-state index >= 15 is 0 Å². The summed E-state index contributed by atoms with van der Waals surface area (Å²) in [6.45, 7) is 7.27. The van der Waals surface area contributed by atoms with Crippen LogP contribution in [0, 0.1) is 18.3 Å². The predicted molar refractivity (Wildman–Crippen MR) is 125 cm³/mol. The van der Waals surface area contributed by atoms with E-state index in [-0.39, 0.29) is 6.04 Å². The molecule has 162 valence electrons. The van der Waals surface area contributed by atoms with Crippen LogP contribution >= 0.6 is 11.6 Å². The summed E-state index contributed by atoms with van der Waals surface area (Å²) in [5.74, 6) is 0.613. The molecule has 3 aromatic heterocycles. The third-order valence-corrected chi connectivity index (χ3v) is 5.58. The zero-order valence-corrected chi connectivity index (χ0v) is 19.0. The van der Waals surface area contributed by atoms with E-state index in [9.17, 15) is 10.4 Å². The van der Waals surface area contributed by atoms with E-state index in [4.69, 9.17) is 21.7 Å². The van der Waals surface area contributed by atoms with Gasteiger partial charge in [0.05, 0.1) is 28.8 Å². The van der Waals surface area contributed by atoms with E-state index in [1.807, 2.05) is 44.3 Å². The number of hydrogen-bond acceptors (Lipinski definition) is 6. The number of hydrogen-bond donors (Lipinski definition) is 2. The molecule has 0 radical (unpaired) electrons. The normalized spacial score (nSPS) is 12.5. The number of rotatable bonds is 5. The molecule has 4 aromatic rings. The van der Waals surface area contributed by atoms with Gasteiger partial charge in [0.25, 0.3) is 0 Å². The van der Waals surface area contributed by atoms with Crippen LogP contribution in [0.15, 0.2) is 48.7 Å². The van der Waals surface area contributed by atoms with Crippen LogP contribution in [0.4, 0.5) is 5.82 Å². The van der Waals surface area contributed by atoms with Gasteiger partial charge in [0.1, 0.15) is 16.7 Å². The van der Waals surface area contributed by atoms with Gasteiger partial charge in [0.2, 0.25) is 0 Å². The van der Waals surface area contributed by atoms with Gasteiger partial charge in [-0.15, -0.1) is 0 Å². The first-order valence-corrected chi connectivity index (χ1v) is 10.6. The number of halogens is 1. The SMILES string of the molecule is Cc1cc(-c2c(-c3cccc(C#N)c3)nn3ccc(N[C@H](C)C(C)(C)O)nc23)cc(Cl)n1. The molecular formula is C24H23ClN6O. The lowest BCUT2D eigenvalue weighted by atomic mass is 10.00. The van der Waals surface area contributed by atoms with Crippen LogP contribution in [0.5, 0.6) is 0 Å². The fourth-order valence-corrected chi connectivity index (χ4v) is 3.64. The molecular weight excluding hydrogens is 424 g/mol. The molecule has 32 heavy (non-hydrogen) atoms. The summed E-state index contributed by atoms with van der Waals surface area (Å²) in [7, 11) is 0. The van der Waals surface area contributed by atoms with Gasteiger partial charge in [0, 0.05) is 17.5 Å². The van der Waals surface area contributed by atoms with Crippen molar-refractivity contribution in [1.29, 1.82) is 5.26 Å². The number of aryl methyl sites for hydroxylation is 1. The summed E-state index contributed by atoms with van der Waals surface area (Å²) in [6, 6.07) is 14.8. The van der Waals surface area contributed by atoms with Crippen molar-refractivity contribution >= 4 is 23.1 Å². The van der Waals surface area contributed by atoms with Crippen molar-refractivity contribution < 1.29 is 5.11 Å². The second-order valence-corrected chi connectivity index (χ2v) is 8.72. The lowest BCUT2D eigenvalue weighted by molar-refractivity contribution is 0.0648. The highest BCUT2D eigenvalue weighted by molar-refractivity contribution is 6.29. The first kappa shape index (κ1) is 21.8. The minimum absolute atomic E-state index is 0.229. The highest BCUT2D eigenvalue weighted by Gasteiger charge is 2.24. The zero-order chi connectivity index (χ0) is 23.0. The number of aliphatic hydroxyl groups is 1. The molecule has 2 N–H and O–H groups in total. The van der Waals surface area contributed by atoms with Crippen molar-refractivity contribution in [3.05, 3.63) is 65.1 Å². The summed E-state index contributed by atoms with van der Waals surface area (Å²) >= 11 is 6.27. The number of nitrogens with zero attached hydrogens (tertiary/aromatic N) is 5. The number of aromatic nitrogens is 4. The average molecular weight is 447 g/mol. The van der Waals surface area contributed by atoms with Crippen molar-refractivity contribution in [2.24, 2.45) is 0 Å². The molecule has 1 aromatic carbocycles. The Labute approximate surface area is 191 Å². The van der Waals surface area contributed by atoms with Gasteiger partial charge in [-0.1, -0.05) is 23.7 Å². The highest BCUT2D eigenvalue weighted by atomic mass is 35.5. The van der Waals surface area contributed by atoms with Gasteiger partial charge >= 0.3 is 0 Å². The highest BCUT2D eigenvalue weighted by Crippen LogP contribution is 2.36. The van der Waals surface area contributed by atoms with Crippen LogP contribution in [0.2, 0.25) is 5.15 Å². The molecule has 1 atom stereocenters. The second-order valence-electron chi connectivity index (χ2n) is 8.34. The molecule has 0 spiro atoms. The topological polar surface area (TPSA) is 99.1 Å². The molecule has 8 heteroatoms. The summed E-state index contributed by atoms with van der Waals surface area (Å²) in [5, 5.41) is 28.1. The molecule has 7 nitrogen and oxygen atoms in total. The number of fused-ring (bicyclic) bond motifs is 1. The minimum Gasteiger partial charge on any atom is -0.388 e. The maximum Gasteiger partial charge on any atom is 0.165 e. The number of anilines is 1. The van der Waals surface area contributed by atoms with Gasteiger partial charge in [0.15, 0.2) is 5.65 Å². The van der Waals surface area contributed by atoms with E-state index < -0.39 is 5.60 Å². The third-order valence-electron chi connectivity index (χ3n) is 5.39. The smallest absolute Gasteiger partial charge is 0.165 e. The predicted octanol–water partition coefficient (Wildman–Crippen LogP) is 4.86. The van der Waals surface area contributed by atoms with Crippen LogP contribution in [0.3, 0.4) is 0 Å². The maximum atomic E-state index is 10.3. The average Bonchev–Trinajstić information content (AvgIpc) is 3.11. The fourth-order valence-electron chi connectivity index (χ4n) is 3.38. The molecule has 0 aliphatic rings. The maximum absolute atomic E-state index is 10.3. The molecule has 4 rings (SSSR count). The molecule has 0 saturated heterocycles. The Kier molecular flexibility index (Phi) is 5.59. The van der Waals surface area contributed by atoms with Crippen LogP contribution in [-0.4, -0.2) is 36.3 Å². The Hall–Kier alpha value is -3.47. The molecule has 0 fully saturated rings. The van der Waals surface area contributed by atoms with Gasteiger partial charge in [-0.25, -0.2) is 14.5 Å². The minimum atomic E-state index is -0.921. The summed E-state index contributed by atoms with van der Waals surface area (Å²) in [4.78, 5) is 9.08. The van der Waals surface area contributed by atoms with Crippen molar-refractivity contribution in [2.75, 3.05) is 5.32 Å². The molecule has 0 aliphatic heterocycles. The van der Waals surface area contributed by atoms with E-state index in [2.05, 4.69) is 16.4 Å². The first-order chi connectivity index (χ1) is 15.2. The van der Waals surface area contributed by atoms with Crippen molar-refractivity contribution in [1.82, 2.24) is 19.6 Å². The van der Waals surface area contributed by atoms with E-state index in [1.165, 1.54) is 0 Å². The van der Waals surface area contributed by atoms with Crippen molar-refractivity contribution in [3.63, 3.8) is 0 Å². The Morgan fingerprint density at radius 2 is 1.94 bits per heavy atom. The largest absolute Gasteiger partial charge is 0.388 e. The monoisotopic (exact) mass is 446 g/mol. The van der Waals surface area contributed by atoms with Crippen LogP contribution in [-0.2, 0) is 0 Å². The summed E-state index contributed by atoms with van der Waals surface area (Å²) < 4.78 is 1.70. The molecule has 0 unspecified atom stereocenters. The van der Waals surface area contributed by atoms with E-state index in [0.717, 1.165) is 22.4 Å². The number of benzene rings is 1. The number of pyridine rings is 1. The van der Waals surface area contributed by atoms with E-state index in [0.29, 0.717) is 27.9 Å². The van der Waals surface area contributed by atoms with Crippen LogP contribution in [0.1, 0.15) is 32.0 Å². The van der Waals surface area contributed by atoms with Gasteiger partial charge < -0.3 is 10.4 Å². The zero-order valence-electron chi connectivity index (χ0n) is 18.3. The third kappa shape index (κ3) is 4.28. The molecule has 3 heterocycles. The number of nitrogens with one attached hydrogen (secondary N) is 1. The fraction of sp³-hybridized carbons (Fsp3) is 0.250. The second kappa shape index (κ2) is 8.23. The van der Waals surface area contributed by atoms with Crippen LogP contribution < -0.4 is 5.32 Å². The van der Waals surface area contributed by atoms with Gasteiger partial charge in [-0.2, -0.15) is 10.4 Å². The van der Waals surface area contributed by atoms with Crippen molar-refractivity contribution in [2.45, 2.75) is 39.3 Å². The first-order valence-electron chi connectivity index (χ1n) is 10.2. The Morgan fingerprint density at radius 3 is 2.62 bits per heavy atom. The quantitative estimate of drug-likeness (QED) is 0.424. The standard InChI is InChI=1S/C24H23ClN6O/c1-14-10-18(12-19(25)27-14)21-22(17-7-5-6-16(11-17)13-26)30-31-9-8-20(29-23(21)31)28-15(2)24(3,4)32/h5-12,15,32H,1-4H3,(H,28,29)/t15-/m1/s1. The van der Waals surface area contributed by atoms with Gasteiger partial charge in [-0.05, 0) is 63.6 Å². The molecule has 0 bridgehead atoms. The Morgan fingerprint density at radius 1 is 1.16 bits per heavy atom. The Bertz CT molecular complexity index is 1330. The van der Waals surface area contributed by atoms with Crippen molar-refractivity contribution in [3.8, 4) is 28.5 Å². The molecule has 0 aliphatic carbocycles. The van der Waals surface area contributed by atoms with Gasteiger partial charge in [-0.3, -0.25) is 0 Å². The summed E-state index contributed by atoms with van der Waals surface area (Å²) in [5.41, 5.74) is 4.12. The lowest BCUT2D eigenvalue weighted by Crippen LogP contribution is -2.39.